The Morgan fingerprint density at radius 1 is 0.912 bits per heavy atom. The molecule has 0 radical (unpaired) electrons. The van der Waals surface area contributed by atoms with Crippen molar-refractivity contribution in [3.05, 3.63) is 0 Å². The Kier molecular flexibility index (Phi) is 31.9. The summed E-state index contributed by atoms with van der Waals surface area (Å²) < 4.78 is 24.7. The zero-order valence-electron chi connectivity index (χ0n) is 20.4. The van der Waals surface area contributed by atoms with Gasteiger partial charge in [0.25, 0.3) is 0 Å². The molecule has 0 spiro atoms. The van der Waals surface area contributed by atoms with E-state index in [4.69, 9.17) is 9.47 Å². The predicted octanol–water partition coefficient (Wildman–Crippen LogP) is -3.04. The van der Waals surface area contributed by atoms with Crippen LogP contribution in [0.2, 0.25) is 0 Å². The van der Waals surface area contributed by atoms with Crippen molar-refractivity contribution in [1.82, 2.24) is 6.15 Å². The van der Waals surface area contributed by atoms with E-state index in [1.54, 1.807) is 6.92 Å². The van der Waals surface area contributed by atoms with Crippen molar-refractivity contribution in [2.24, 2.45) is 0 Å². The SMILES string of the molecule is CC#CC#CC#CC#CC(=O)OC[C@@H](COP(=O)([O-])[O-])OC(=O)CCCCCCCC.N.[HH].[HH].[HH].[HH].[HH].[HH].[HH].[Na+].[Na+]. The monoisotopic (exact) mass is 525 g/mol. The number of carbonyl (C=O) groups is 2. The van der Waals surface area contributed by atoms with Gasteiger partial charge < -0.3 is 34.5 Å². The summed E-state index contributed by atoms with van der Waals surface area (Å²) in [6.45, 7) is 2.43. The molecule has 0 fully saturated rings. The van der Waals surface area contributed by atoms with E-state index in [0.29, 0.717) is 6.42 Å². The Morgan fingerprint density at radius 2 is 1.47 bits per heavy atom. The van der Waals surface area contributed by atoms with Gasteiger partial charge in [0.1, 0.15) is 6.61 Å². The van der Waals surface area contributed by atoms with Crippen LogP contribution < -0.4 is 75.1 Å². The third kappa shape index (κ3) is 29.3. The summed E-state index contributed by atoms with van der Waals surface area (Å²) in [4.78, 5) is 44.8. The molecule has 0 unspecified atom stereocenters. The van der Waals surface area contributed by atoms with Gasteiger partial charge in [-0.1, -0.05) is 44.9 Å². The molecular weight excluding hydrogens is 483 g/mol. The van der Waals surface area contributed by atoms with E-state index in [1.807, 2.05) is 0 Å². The predicted molar refractivity (Wildman–Crippen MR) is 129 cm³/mol. The molecule has 0 aliphatic heterocycles. The number of hydrogen-bond donors (Lipinski definition) is 1. The van der Waals surface area contributed by atoms with Crippen molar-refractivity contribution in [3.8, 4) is 47.4 Å². The van der Waals surface area contributed by atoms with E-state index < -0.39 is 39.1 Å². The Hall–Kier alpha value is -0.750. The minimum absolute atomic E-state index is 0. The molecule has 0 bridgehead atoms. The summed E-state index contributed by atoms with van der Waals surface area (Å²) in [5.41, 5.74) is 0. The molecule has 1 atom stereocenters. The van der Waals surface area contributed by atoms with E-state index in [-0.39, 0.29) is 81.7 Å². The Balaban J connectivity index is -0.0000001000. The summed E-state index contributed by atoms with van der Waals surface area (Å²) in [5.74, 6) is 17.2. The third-order valence-electron chi connectivity index (χ3n) is 3.45. The number of phosphoric acid groups is 1. The molecule has 0 aliphatic carbocycles. The van der Waals surface area contributed by atoms with Crippen LogP contribution in [-0.2, 0) is 28.2 Å². The van der Waals surface area contributed by atoms with Crippen molar-refractivity contribution in [2.75, 3.05) is 13.2 Å². The zero-order chi connectivity index (χ0) is 23.4. The first-order chi connectivity index (χ1) is 14.8. The summed E-state index contributed by atoms with van der Waals surface area (Å²) >= 11 is 0. The van der Waals surface area contributed by atoms with Crippen LogP contribution >= 0.6 is 7.82 Å². The van der Waals surface area contributed by atoms with Gasteiger partial charge in [-0.3, -0.25) is 4.79 Å². The van der Waals surface area contributed by atoms with E-state index >= 15 is 0 Å². The fraction of sp³-hybridized carbons (Fsp3) is 0.545. The Labute approximate surface area is 257 Å². The van der Waals surface area contributed by atoms with Gasteiger partial charge in [0.15, 0.2) is 6.10 Å². The van der Waals surface area contributed by atoms with Gasteiger partial charge in [0.2, 0.25) is 0 Å². The molecule has 3 N–H and O–H groups in total. The number of hydrogen-bond acceptors (Lipinski definition) is 9. The summed E-state index contributed by atoms with van der Waals surface area (Å²) in [6, 6.07) is 0. The standard InChI is InChI=1S/C22H27O8P.H3N.2Na.7H2/c1-3-5-7-9-11-13-14-16-21(23)28-18-20(19-29-31(25,26)27)30-22(24)17-15-12-10-8-6-4-2;;;;;;;;;;/h20H,4,6,8,10,12,15,17-19H2,1-2H3,(H2,25,26,27);1H3;;;7*1H/q;;2*+1;;;;;;;/p-2/t20-;;;;;;;;;;/m0........../s1. The molecule has 0 aromatic carbocycles. The molecule has 0 heterocycles. The van der Waals surface area contributed by atoms with Gasteiger partial charge in [0.05, 0.1) is 14.4 Å². The molecule has 190 valence electrons. The van der Waals surface area contributed by atoms with Crippen molar-refractivity contribution in [1.29, 1.82) is 0 Å². The Bertz CT molecular complexity index is 903. The van der Waals surface area contributed by atoms with Gasteiger partial charge in [-0.25, -0.2) is 4.79 Å². The van der Waals surface area contributed by atoms with E-state index in [0.717, 1.165) is 32.1 Å². The van der Waals surface area contributed by atoms with Crippen molar-refractivity contribution < 1.29 is 107 Å². The van der Waals surface area contributed by atoms with Gasteiger partial charge >= 0.3 is 71.1 Å². The van der Waals surface area contributed by atoms with Crippen LogP contribution in [-0.4, -0.2) is 31.3 Å². The number of esters is 2. The van der Waals surface area contributed by atoms with E-state index in [9.17, 15) is 23.9 Å². The average molecular weight is 526 g/mol. The third-order valence-corrected chi connectivity index (χ3v) is 3.92. The normalized spacial score (nSPS) is 9.53. The number of unbranched alkanes of at least 4 members (excludes halogenated alkanes) is 5. The molecular formula is C22H42NNa2O8P. The summed E-state index contributed by atoms with van der Waals surface area (Å²) in [6.07, 6.45) is 4.65. The molecule has 34 heavy (non-hydrogen) atoms. The first-order valence-corrected chi connectivity index (χ1v) is 11.2. The summed E-state index contributed by atoms with van der Waals surface area (Å²) in [7, 11) is -5.28. The van der Waals surface area contributed by atoms with Crippen LogP contribution in [0.15, 0.2) is 0 Å². The van der Waals surface area contributed by atoms with E-state index in [2.05, 4.69) is 58.8 Å². The first kappa shape index (κ1) is 40.4. The van der Waals surface area contributed by atoms with Crippen LogP contribution in [0, 0.1) is 47.4 Å². The molecule has 0 aliphatic rings. The topological polar surface area (TPSA) is 160 Å². The second-order valence-electron chi connectivity index (χ2n) is 6.10. The van der Waals surface area contributed by atoms with Crippen molar-refractivity contribution >= 4 is 19.8 Å². The van der Waals surface area contributed by atoms with Crippen molar-refractivity contribution in [3.63, 3.8) is 0 Å². The van der Waals surface area contributed by atoms with Gasteiger partial charge in [-0.2, -0.15) is 0 Å². The average Bonchev–Trinajstić information content (AvgIpc) is 2.71. The number of phosphoric ester groups is 1. The van der Waals surface area contributed by atoms with E-state index in [1.165, 1.54) is 0 Å². The molecule has 0 saturated heterocycles. The molecule has 0 amide bonds. The fourth-order valence-corrected chi connectivity index (χ4v) is 2.41. The van der Waals surface area contributed by atoms with Gasteiger partial charge in [-0.05, 0) is 48.9 Å². The smallest absolute Gasteiger partial charge is 0.790 e. The van der Waals surface area contributed by atoms with Crippen LogP contribution in [0.3, 0.4) is 0 Å². The molecule has 0 saturated carbocycles. The minimum atomic E-state index is -5.28. The molecule has 9 nitrogen and oxygen atoms in total. The largest absolute Gasteiger partial charge is 1.00 e. The van der Waals surface area contributed by atoms with Gasteiger partial charge in [0, 0.05) is 22.3 Å². The second kappa shape index (κ2) is 26.8. The van der Waals surface area contributed by atoms with Crippen LogP contribution in [0.5, 0.6) is 0 Å². The zero-order valence-corrected chi connectivity index (χ0v) is 25.3. The van der Waals surface area contributed by atoms with Crippen LogP contribution in [0.25, 0.3) is 0 Å². The maximum Gasteiger partial charge on any atom is 1.00 e. The molecule has 0 aromatic rings. The van der Waals surface area contributed by atoms with Crippen LogP contribution in [0.1, 0.15) is 68.8 Å². The Morgan fingerprint density at radius 3 is 2.06 bits per heavy atom. The van der Waals surface area contributed by atoms with Gasteiger partial charge in [-0.15, -0.1) is 0 Å². The second-order valence-corrected chi connectivity index (χ2v) is 7.25. The van der Waals surface area contributed by atoms with Crippen molar-refractivity contribution in [2.45, 2.75) is 64.9 Å². The number of carbonyl (C=O) groups excluding carboxylic acids is 2. The summed E-state index contributed by atoms with van der Waals surface area (Å²) in [5, 5.41) is 0. The molecule has 12 heteroatoms. The maximum atomic E-state index is 11.9. The molecule has 0 aromatic heterocycles. The maximum absolute atomic E-state index is 11.9. The molecule has 0 rings (SSSR count). The number of ether oxygens (including phenoxy) is 2. The first-order valence-electron chi connectivity index (χ1n) is 9.74. The minimum Gasteiger partial charge on any atom is -0.790 e. The van der Waals surface area contributed by atoms with Crippen LogP contribution in [0.4, 0.5) is 0 Å². The fourth-order valence-electron chi connectivity index (χ4n) is 2.06. The number of rotatable bonds is 13. The quantitative estimate of drug-likeness (QED) is 0.0659.